The smallest absolute Gasteiger partial charge is 0.254 e. The van der Waals surface area contributed by atoms with Gasteiger partial charge in [0.2, 0.25) is 0 Å². The molecular weight excluding hydrogens is 354 g/mol. The summed E-state index contributed by atoms with van der Waals surface area (Å²) in [6, 6.07) is 11.5. The van der Waals surface area contributed by atoms with E-state index in [0.717, 1.165) is 16.8 Å². The molecule has 2 heterocycles. The van der Waals surface area contributed by atoms with Gasteiger partial charge in [0, 0.05) is 23.2 Å². The molecule has 0 N–H and O–H groups in total. The van der Waals surface area contributed by atoms with Crippen molar-refractivity contribution in [3.05, 3.63) is 63.6 Å². The summed E-state index contributed by atoms with van der Waals surface area (Å²) >= 11 is 0. The highest BCUT2D eigenvalue weighted by molar-refractivity contribution is 5.38. The van der Waals surface area contributed by atoms with Crippen molar-refractivity contribution in [2.75, 3.05) is 26.4 Å². The monoisotopic (exact) mass is 379 g/mol. The van der Waals surface area contributed by atoms with E-state index in [0.29, 0.717) is 44.6 Å². The third-order valence-corrected chi connectivity index (χ3v) is 4.90. The maximum Gasteiger partial charge on any atom is 0.254 e. The van der Waals surface area contributed by atoms with Crippen molar-refractivity contribution in [1.82, 2.24) is 4.57 Å². The Kier molecular flexibility index (Phi) is 5.80. The Balaban J connectivity index is 1.44. The summed E-state index contributed by atoms with van der Waals surface area (Å²) in [4.78, 5) is 12.6. The lowest BCUT2D eigenvalue weighted by atomic mass is 10.1. The fourth-order valence-corrected chi connectivity index (χ4v) is 3.15. The van der Waals surface area contributed by atoms with Gasteiger partial charge in [0.1, 0.15) is 18.5 Å². The summed E-state index contributed by atoms with van der Waals surface area (Å²) in [7, 11) is 0. The molecule has 0 spiro atoms. The largest absolute Gasteiger partial charge is 0.491 e. The van der Waals surface area contributed by atoms with Gasteiger partial charge in [0.15, 0.2) is 0 Å². The van der Waals surface area contributed by atoms with Crippen LogP contribution in [-0.4, -0.2) is 37.1 Å². The van der Waals surface area contributed by atoms with Gasteiger partial charge in [-0.05, 0) is 43.5 Å². The van der Waals surface area contributed by atoms with Crippen molar-refractivity contribution in [3.8, 4) is 17.6 Å². The van der Waals surface area contributed by atoms with Crippen molar-refractivity contribution in [1.29, 1.82) is 0 Å². The van der Waals surface area contributed by atoms with Crippen LogP contribution in [0.5, 0.6) is 5.75 Å². The van der Waals surface area contributed by atoms with Gasteiger partial charge in [-0.25, -0.2) is 0 Å². The van der Waals surface area contributed by atoms with Gasteiger partial charge < -0.3 is 18.8 Å². The van der Waals surface area contributed by atoms with E-state index in [1.165, 1.54) is 18.9 Å². The quantitative estimate of drug-likeness (QED) is 0.750. The Morgan fingerprint density at radius 1 is 1.21 bits per heavy atom. The number of aryl methyl sites for hydroxylation is 1. The molecule has 146 valence electrons. The number of hydrogen-bond acceptors (Lipinski definition) is 4. The van der Waals surface area contributed by atoms with Gasteiger partial charge in [-0.2, -0.15) is 0 Å². The molecule has 2 aromatic rings. The summed E-state index contributed by atoms with van der Waals surface area (Å²) in [5.41, 5.74) is 2.85. The van der Waals surface area contributed by atoms with E-state index in [9.17, 15) is 4.79 Å². The Labute approximate surface area is 165 Å². The maximum absolute atomic E-state index is 12.6. The van der Waals surface area contributed by atoms with Gasteiger partial charge in [0.25, 0.3) is 5.56 Å². The first-order valence-electron chi connectivity index (χ1n) is 9.81. The van der Waals surface area contributed by atoms with Crippen LogP contribution >= 0.6 is 0 Å². The Morgan fingerprint density at radius 3 is 2.86 bits per heavy atom. The number of benzene rings is 1. The van der Waals surface area contributed by atoms with Crippen LogP contribution in [0.4, 0.5) is 0 Å². The van der Waals surface area contributed by atoms with Crippen LogP contribution in [0.25, 0.3) is 0 Å². The summed E-state index contributed by atoms with van der Waals surface area (Å²) in [5.74, 6) is 7.66. The van der Waals surface area contributed by atoms with E-state index in [2.05, 4.69) is 17.9 Å². The van der Waals surface area contributed by atoms with Crippen molar-refractivity contribution < 1.29 is 14.2 Å². The van der Waals surface area contributed by atoms with E-state index < -0.39 is 0 Å². The van der Waals surface area contributed by atoms with Crippen molar-refractivity contribution in [2.24, 2.45) is 5.92 Å². The predicted molar refractivity (Wildman–Crippen MR) is 107 cm³/mol. The molecule has 0 bridgehead atoms. The van der Waals surface area contributed by atoms with Crippen molar-refractivity contribution in [3.63, 3.8) is 0 Å². The molecule has 0 radical (unpaired) electrons. The van der Waals surface area contributed by atoms with Crippen LogP contribution in [0, 0.1) is 24.7 Å². The van der Waals surface area contributed by atoms with Crippen LogP contribution in [0.3, 0.4) is 0 Å². The molecule has 1 saturated heterocycles. The highest BCUT2D eigenvalue weighted by Gasteiger charge is 2.18. The minimum Gasteiger partial charge on any atom is -0.491 e. The number of rotatable bonds is 5. The zero-order valence-electron chi connectivity index (χ0n) is 16.1. The summed E-state index contributed by atoms with van der Waals surface area (Å²) in [5, 5.41) is 0. The lowest BCUT2D eigenvalue weighted by Gasteiger charge is -2.23. The SMILES string of the molecule is Cc1cc(OC[C@@H]2COCCO2)cc(=O)n1Cc1cccc(C#CC2CC2)c1. The van der Waals surface area contributed by atoms with Crippen LogP contribution in [0.2, 0.25) is 0 Å². The Morgan fingerprint density at radius 2 is 2.11 bits per heavy atom. The fourth-order valence-electron chi connectivity index (χ4n) is 3.15. The molecule has 1 saturated carbocycles. The first-order chi connectivity index (χ1) is 13.7. The van der Waals surface area contributed by atoms with Gasteiger partial charge in [-0.3, -0.25) is 4.79 Å². The third kappa shape index (κ3) is 5.03. The average Bonchev–Trinajstić information content (AvgIpc) is 3.53. The zero-order valence-corrected chi connectivity index (χ0v) is 16.1. The normalized spacial score (nSPS) is 19.0. The number of nitrogens with zero attached hydrogens (tertiary/aromatic N) is 1. The second-order valence-electron chi connectivity index (χ2n) is 7.38. The van der Waals surface area contributed by atoms with E-state index in [-0.39, 0.29) is 11.7 Å². The maximum atomic E-state index is 12.6. The summed E-state index contributed by atoms with van der Waals surface area (Å²) in [6.45, 7) is 4.55. The molecule has 2 fully saturated rings. The van der Waals surface area contributed by atoms with E-state index in [1.807, 2.05) is 31.2 Å². The van der Waals surface area contributed by atoms with Gasteiger partial charge >= 0.3 is 0 Å². The minimum absolute atomic E-state index is 0.0784. The topological polar surface area (TPSA) is 49.7 Å². The molecule has 1 aliphatic carbocycles. The summed E-state index contributed by atoms with van der Waals surface area (Å²) < 4.78 is 18.4. The molecule has 1 aromatic carbocycles. The second-order valence-corrected chi connectivity index (χ2v) is 7.38. The molecule has 5 heteroatoms. The van der Waals surface area contributed by atoms with E-state index >= 15 is 0 Å². The van der Waals surface area contributed by atoms with Crippen LogP contribution < -0.4 is 10.3 Å². The molecule has 5 nitrogen and oxygen atoms in total. The average molecular weight is 379 g/mol. The van der Waals surface area contributed by atoms with E-state index in [1.54, 1.807) is 4.57 Å². The van der Waals surface area contributed by atoms with Gasteiger partial charge in [0.05, 0.1) is 26.4 Å². The lowest BCUT2D eigenvalue weighted by molar-refractivity contribution is -0.101. The Hall–Kier alpha value is -2.55. The number of pyridine rings is 1. The molecule has 1 aliphatic heterocycles. The number of ether oxygens (including phenoxy) is 3. The molecule has 4 rings (SSSR count). The zero-order chi connectivity index (χ0) is 19.3. The molecule has 0 amide bonds. The summed E-state index contributed by atoms with van der Waals surface area (Å²) in [6.07, 6.45) is 2.35. The number of aromatic nitrogens is 1. The van der Waals surface area contributed by atoms with Crippen molar-refractivity contribution in [2.45, 2.75) is 32.4 Å². The molecule has 1 atom stereocenters. The first kappa shape index (κ1) is 18.8. The molecule has 2 aliphatic rings. The molecule has 0 unspecified atom stereocenters. The van der Waals surface area contributed by atoms with Gasteiger partial charge in [-0.1, -0.05) is 24.0 Å². The van der Waals surface area contributed by atoms with Crippen LogP contribution in [-0.2, 0) is 16.0 Å². The third-order valence-electron chi connectivity index (χ3n) is 4.90. The minimum atomic E-state index is -0.0871. The van der Waals surface area contributed by atoms with Crippen LogP contribution in [0.15, 0.2) is 41.2 Å². The van der Waals surface area contributed by atoms with Crippen molar-refractivity contribution >= 4 is 0 Å². The lowest BCUT2D eigenvalue weighted by Crippen LogP contribution is -2.33. The van der Waals surface area contributed by atoms with Gasteiger partial charge in [-0.15, -0.1) is 0 Å². The molecular formula is C23H25NO4. The predicted octanol–water partition coefficient (Wildman–Crippen LogP) is 2.76. The highest BCUT2D eigenvalue weighted by atomic mass is 16.6. The van der Waals surface area contributed by atoms with Crippen LogP contribution in [0.1, 0.15) is 29.7 Å². The highest BCUT2D eigenvalue weighted by Crippen LogP contribution is 2.27. The second kappa shape index (κ2) is 8.64. The number of hydrogen-bond donors (Lipinski definition) is 0. The molecule has 1 aromatic heterocycles. The standard InChI is InChI=1S/C23H25NO4/c1-17-11-21(28-16-22-15-26-9-10-27-22)13-23(25)24(17)14-20-4-2-3-19(12-20)8-7-18-5-6-18/h2-4,11-13,18,22H,5-6,9-10,14-16H2,1H3/t22-/m0/s1. The fraction of sp³-hybridized carbons (Fsp3) is 0.435. The van der Waals surface area contributed by atoms with E-state index in [4.69, 9.17) is 14.2 Å². The molecule has 28 heavy (non-hydrogen) atoms. The first-order valence-corrected chi connectivity index (χ1v) is 9.81. The Bertz CT molecular complexity index is 943.